The van der Waals surface area contributed by atoms with Gasteiger partial charge in [0.1, 0.15) is 24.2 Å². The molecule has 0 spiro atoms. The van der Waals surface area contributed by atoms with Crippen molar-refractivity contribution in [1.29, 1.82) is 0 Å². The highest BCUT2D eigenvalue weighted by Gasteiger charge is 2.35. The molecule has 1 aliphatic rings. The molecule has 0 unspecified atom stereocenters. The second-order valence-corrected chi connectivity index (χ2v) is 10.6. The summed E-state index contributed by atoms with van der Waals surface area (Å²) in [6.07, 6.45) is 0.831. The number of carbonyl (C=O) groups excluding carboxylic acids is 5. The topological polar surface area (TPSA) is 211 Å². The van der Waals surface area contributed by atoms with Crippen LogP contribution in [0.1, 0.15) is 73.1 Å². The molecule has 1 aliphatic heterocycles. The highest BCUT2D eigenvalue weighted by atomic mass is 16.4. The van der Waals surface area contributed by atoms with Crippen molar-refractivity contribution in [3.05, 3.63) is 0 Å². The Kier molecular flexibility index (Phi) is 14.1. The van der Waals surface area contributed by atoms with Gasteiger partial charge in [0.15, 0.2) is 0 Å². The normalized spacial score (nSPS) is 16.7. The van der Waals surface area contributed by atoms with E-state index in [0.29, 0.717) is 19.5 Å². The van der Waals surface area contributed by atoms with E-state index in [0.717, 1.165) is 12.8 Å². The van der Waals surface area contributed by atoms with Gasteiger partial charge in [-0.05, 0) is 31.1 Å². The molecule has 1 fully saturated rings. The third-order valence-electron chi connectivity index (χ3n) is 6.66. The van der Waals surface area contributed by atoms with Crippen LogP contribution < -0.4 is 21.3 Å². The van der Waals surface area contributed by atoms with Crippen LogP contribution in [0.25, 0.3) is 0 Å². The van der Waals surface area contributed by atoms with Crippen molar-refractivity contribution in [1.82, 2.24) is 26.2 Å². The predicted octanol–water partition coefficient (Wildman–Crippen LogP) is -0.390. The lowest BCUT2D eigenvalue weighted by Crippen LogP contribution is -2.59. The van der Waals surface area contributed by atoms with Crippen LogP contribution in [0.5, 0.6) is 0 Å². The zero-order valence-electron chi connectivity index (χ0n) is 23.8. The van der Waals surface area contributed by atoms with Crippen LogP contribution in [-0.4, -0.2) is 93.8 Å². The number of hydrogen-bond donors (Lipinski definition) is 6. The number of aliphatic carboxylic acids is 2. The van der Waals surface area contributed by atoms with Crippen molar-refractivity contribution in [3.63, 3.8) is 0 Å². The SMILES string of the molecule is CC[C@H](C)[C@H](NC(C)=O)C(=O)N[C@@H](CC(=O)N1CCCC1)C(=O)N[C@@H](CC(=O)O)C(=O)N[C@@H](CC(C)C)C(=O)O. The minimum Gasteiger partial charge on any atom is -0.481 e. The van der Waals surface area contributed by atoms with Gasteiger partial charge in [-0.15, -0.1) is 0 Å². The summed E-state index contributed by atoms with van der Waals surface area (Å²) in [5, 5.41) is 28.3. The molecule has 14 nitrogen and oxygen atoms in total. The first-order valence-corrected chi connectivity index (χ1v) is 13.6. The smallest absolute Gasteiger partial charge is 0.326 e. The van der Waals surface area contributed by atoms with E-state index in [1.165, 1.54) is 11.8 Å². The largest absolute Gasteiger partial charge is 0.481 e. The molecule has 0 aromatic rings. The predicted molar refractivity (Wildman–Crippen MR) is 143 cm³/mol. The lowest BCUT2D eigenvalue weighted by molar-refractivity contribution is -0.144. The van der Waals surface area contributed by atoms with Crippen molar-refractivity contribution in [2.45, 2.75) is 97.3 Å². The summed E-state index contributed by atoms with van der Waals surface area (Å²) in [7, 11) is 0. The number of nitrogens with zero attached hydrogens (tertiary/aromatic N) is 1. The van der Waals surface area contributed by atoms with Crippen LogP contribution in [0.3, 0.4) is 0 Å². The van der Waals surface area contributed by atoms with E-state index in [1.807, 2.05) is 6.92 Å². The summed E-state index contributed by atoms with van der Waals surface area (Å²) >= 11 is 0. The van der Waals surface area contributed by atoms with E-state index in [2.05, 4.69) is 21.3 Å². The van der Waals surface area contributed by atoms with Gasteiger partial charge in [-0.2, -0.15) is 0 Å². The summed E-state index contributed by atoms with van der Waals surface area (Å²) in [5.74, 6) is -6.82. The molecule has 1 rings (SSSR count). The number of carboxylic acids is 2. The minimum atomic E-state index is -1.68. The summed E-state index contributed by atoms with van der Waals surface area (Å²) in [5.41, 5.74) is 0. The summed E-state index contributed by atoms with van der Waals surface area (Å²) < 4.78 is 0. The van der Waals surface area contributed by atoms with Gasteiger partial charge in [0.05, 0.1) is 12.8 Å². The van der Waals surface area contributed by atoms with Crippen LogP contribution in [0, 0.1) is 11.8 Å². The Morgan fingerprint density at radius 1 is 0.750 bits per heavy atom. The molecule has 1 heterocycles. The Bertz CT molecular complexity index is 949. The first kappa shape index (κ1) is 34.3. The van der Waals surface area contributed by atoms with Crippen molar-refractivity contribution < 1.29 is 43.8 Å². The Hall–Kier alpha value is -3.71. The third-order valence-corrected chi connectivity index (χ3v) is 6.66. The van der Waals surface area contributed by atoms with Gasteiger partial charge in [0.25, 0.3) is 0 Å². The average molecular weight is 570 g/mol. The zero-order chi connectivity index (χ0) is 30.6. The van der Waals surface area contributed by atoms with Crippen LogP contribution in [-0.2, 0) is 33.6 Å². The maximum atomic E-state index is 13.3. The van der Waals surface area contributed by atoms with Crippen LogP contribution in [0.15, 0.2) is 0 Å². The van der Waals surface area contributed by atoms with E-state index in [-0.39, 0.29) is 18.3 Å². The molecule has 0 radical (unpaired) electrons. The van der Waals surface area contributed by atoms with Crippen LogP contribution in [0.4, 0.5) is 0 Å². The number of carbonyl (C=O) groups is 7. The Labute approximate surface area is 234 Å². The van der Waals surface area contributed by atoms with Crippen molar-refractivity contribution in [2.75, 3.05) is 13.1 Å². The molecular weight excluding hydrogens is 526 g/mol. The molecule has 0 aromatic heterocycles. The number of hydrogen-bond acceptors (Lipinski definition) is 7. The molecule has 5 atom stereocenters. The third kappa shape index (κ3) is 11.6. The molecule has 0 aliphatic carbocycles. The van der Waals surface area contributed by atoms with E-state index in [9.17, 15) is 43.8 Å². The van der Waals surface area contributed by atoms with Gasteiger partial charge in [0.2, 0.25) is 29.5 Å². The monoisotopic (exact) mass is 569 g/mol. The Balaban J connectivity index is 3.22. The van der Waals surface area contributed by atoms with Crippen LogP contribution in [0.2, 0.25) is 0 Å². The lowest BCUT2D eigenvalue weighted by atomic mass is 9.97. The standard InChI is InChI=1S/C26H43N5O9/c1-6-15(4)22(27-16(5)32)25(38)29-17(12-20(33)31-9-7-8-10-31)23(36)28-18(13-21(34)35)24(37)30-19(26(39)40)11-14(2)3/h14-15,17-19,22H,6-13H2,1-5H3,(H,27,32)(H,28,36)(H,29,38)(H,30,37)(H,34,35)(H,39,40)/t15-,17-,18-,19-,22-/m0/s1. The van der Waals surface area contributed by atoms with Gasteiger partial charge >= 0.3 is 11.9 Å². The van der Waals surface area contributed by atoms with Crippen molar-refractivity contribution in [2.24, 2.45) is 11.8 Å². The maximum Gasteiger partial charge on any atom is 0.326 e. The highest BCUT2D eigenvalue weighted by Crippen LogP contribution is 2.13. The minimum absolute atomic E-state index is 0.0674. The van der Waals surface area contributed by atoms with Gasteiger partial charge in [-0.3, -0.25) is 28.8 Å². The first-order valence-electron chi connectivity index (χ1n) is 13.6. The number of rotatable bonds is 16. The van der Waals surface area contributed by atoms with E-state index < -0.39 is 78.5 Å². The summed E-state index contributed by atoms with van der Waals surface area (Å²) in [6, 6.07) is -5.50. The molecular formula is C26H43N5O9. The number of nitrogens with one attached hydrogen (secondary N) is 4. The molecule has 0 saturated carbocycles. The van der Waals surface area contributed by atoms with E-state index in [4.69, 9.17) is 0 Å². The molecule has 6 N–H and O–H groups in total. The van der Waals surface area contributed by atoms with Gasteiger partial charge in [-0.1, -0.05) is 34.1 Å². The fraction of sp³-hybridized carbons (Fsp3) is 0.731. The molecule has 5 amide bonds. The van der Waals surface area contributed by atoms with Gasteiger partial charge in [0, 0.05) is 20.0 Å². The van der Waals surface area contributed by atoms with E-state index >= 15 is 0 Å². The summed E-state index contributed by atoms with van der Waals surface area (Å²) in [4.78, 5) is 88.6. The van der Waals surface area contributed by atoms with Crippen LogP contribution >= 0.6 is 0 Å². The summed E-state index contributed by atoms with van der Waals surface area (Å²) in [6.45, 7) is 9.24. The molecule has 0 bridgehead atoms. The molecule has 0 aromatic carbocycles. The highest BCUT2D eigenvalue weighted by molar-refractivity contribution is 5.98. The molecule has 1 saturated heterocycles. The zero-order valence-corrected chi connectivity index (χ0v) is 23.8. The Morgan fingerprint density at radius 2 is 1.25 bits per heavy atom. The van der Waals surface area contributed by atoms with Gasteiger partial charge in [-0.25, -0.2) is 4.79 Å². The fourth-order valence-corrected chi connectivity index (χ4v) is 4.28. The molecule has 14 heteroatoms. The average Bonchev–Trinajstić information content (AvgIpc) is 3.40. The van der Waals surface area contributed by atoms with Gasteiger partial charge < -0.3 is 36.4 Å². The number of amides is 5. The Morgan fingerprint density at radius 3 is 1.70 bits per heavy atom. The van der Waals surface area contributed by atoms with Crippen molar-refractivity contribution in [3.8, 4) is 0 Å². The second-order valence-electron chi connectivity index (χ2n) is 10.6. The van der Waals surface area contributed by atoms with Crippen molar-refractivity contribution >= 4 is 41.5 Å². The second kappa shape index (κ2) is 16.4. The number of carboxylic acid groups (broad SMARTS) is 2. The lowest BCUT2D eigenvalue weighted by Gasteiger charge is -2.28. The maximum absolute atomic E-state index is 13.3. The van der Waals surface area contributed by atoms with E-state index in [1.54, 1.807) is 20.8 Å². The molecule has 40 heavy (non-hydrogen) atoms. The first-order chi connectivity index (χ1) is 18.7. The fourth-order valence-electron chi connectivity index (χ4n) is 4.28. The number of likely N-dealkylation sites (tertiary alicyclic amines) is 1. The molecule has 226 valence electrons. The quantitative estimate of drug-likeness (QED) is 0.143.